The van der Waals surface area contributed by atoms with Crippen LogP contribution in [0.5, 0.6) is 0 Å². The minimum absolute atomic E-state index is 0.149. The van der Waals surface area contributed by atoms with E-state index >= 15 is 4.39 Å². The van der Waals surface area contributed by atoms with Crippen LogP contribution >= 0.6 is 0 Å². The van der Waals surface area contributed by atoms with Gasteiger partial charge in [-0.1, -0.05) is 30.3 Å². The zero-order valence-electron chi connectivity index (χ0n) is 18.4. The summed E-state index contributed by atoms with van der Waals surface area (Å²) < 4.78 is 59.8. The van der Waals surface area contributed by atoms with Gasteiger partial charge in [0.2, 0.25) is 5.91 Å². The highest BCUT2D eigenvalue weighted by molar-refractivity contribution is 5.76. The summed E-state index contributed by atoms with van der Waals surface area (Å²) in [5.74, 6) is -0.415. The summed E-state index contributed by atoms with van der Waals surface area (Å²) in [6.45, 7) is 1.10. The molecule has 1 aromatic heterocycles. The average Bonchev–Trinajstić information content (AvgIpc) is 3.28. The summed E-state index contributed by atoms with van der Waals surface area (Å²) in [5.41, 5.74) is 6.50. The molecular formula is C23H27F4N5O2. The normalized spacial score (nSPS) is 26.0. The van der Waals surface area contributed by atoms with Gasteiger partial charge in [0, 0.05) is 25.5 Å². The summed E-state index contributed by atoms with van der Waals surface area (Å²) in [6, 6.07) is 9.32. The first-order chi connectivity index (χ1) is 16.2. The van der Waals surface area contributed by atoms with Crippen LogP contribution in [-0.2, 0) is 28.7 Å². The first kappa shape index (κ1) is 24.5. The first-order valence-electron chi connectivity index (χ1n) is 11.1. The van der Waals surface area contributed by atoms with Gasteiger partial charge in [-0.3, -0.25) is 25.3 Å². The Balaban J connectivity index is 1.39. The van der Waals surface area contributed by atoms with Crippen molar-refractivity contribution < 1.29 is 27.1 Å². The van der Waals surface area contributed by atoms with Crippen molar-refractivity contribution in [1.29, 1.82) is 0 Å². The van der Waals surface area contributed by atoms with Crippen LogP contribution in [0, 0.1) is 0 Å². The summed E-state index contributed by atoms with van der Waals surface area (Å²) in [6.07, 6.45) is -4.54. The molecule has 2 fully saturated rings. The van der Waals surface area contributed by atoms with Crippen molar-refractivity contribution in [1.82, 2.24) is 20.5 Å². The monoisotopic (exact) mass is 481 g/mol. The van der Waals surface area contributed by atoms with Crippen molar-refractivity contribution in [2.45, 2.75) is 56.7 Å². The molecule has 4 unspecified atom stereocenters. The fourth-order valence-corrected chi connectivity index (χ4v) is 4.50. The van der Waals surface area contributed by atoms with Crippen LogP contribution in [0.1, 0.15) is 41.3 Å². The summed E-state index contributed by atoms with van der Waals surface area (Å²) in [7, 11) is 0. The molecule has 2 saturated heterocycles. The highest BCUT2D eigenvalue weighted by Gasteiger charge is 2.42. The molecule has 1 amide bonds. The third-order valence-electron chi connectivity index (χ3n) is 6.15. The lowest BCUT2D eigenvalue weighted by Gasteiger charge is -2.41. The number of hydrogen-bond acceptors (Lipinski definition) is 6. The number of amides is 1. The van der Waals surface area contributed by atoms with Crippen LogP contribution in [0.25, 0.3) is 0 Å². The molecule has 1 aromatic carbocycles. The lowest BCUT2D eigenvalue weighted by Crippen LogP contribution is -2.65. The zero-order valence-corrected chi connectivity index (χ0v) is 18.4. The molecule has 11 heteroatoms. The fraction of sp³-hybridized carbons (Fsp3) is 0.478. The maximum atomic E-state index is 15.5. The topological polar surface area (TPSA) is 92.5 Å². The summed E-state index contributed by atoms with van der Waals surface area (Å²) in [4.78, 5) is 16.5. The number of benzene rings is 1. The van der Waals surface area contributed by atoms with E-state index in [1.165, 1.54) is 12.3 Å². The Morgan fingerprint density at radius 1 is 1.15 bits per heavy atom. The molecule has 2 aromatic rings. The minimum atomic E-state index is -4.50. The van der Waals surface area contributed by atoms with Gasteiger partial charge in [0.05, 0.1) is 19.2 Å². The third kappa shape index (κ3) is 5.72. The van der Waals surface area contributed by atoms with E-state index < -0.39 is 36.3 Å². The third-order valence-corrected chi connectivity index (χ3v) is 6.15. The highest BCUT2D eigenvalue weighted by Crippen LogP contribution is 2.36. The van der Waals surface area contributed by atoms with E-state index in [1.54, 1.807) is 24.3 Å². The molecule has 0 radical (unpaired) electrons. The highest BCUT2D eigenvalue weighted by atomic mass is 19.4. The number of halogens is 4. The van der Waals surface area contributed by atoms with Crippen molar-refractivity contribution in [3.05, 3.63) is 65.0 Å². The van der Waals surface area contributed by atoms with Gasteiger partial charge in [-0.15, -0.1) is 0 Å². The number of ether oxygens (including phenoxy) is 1. The predicted molar refractivity (Wildman–Crippen MR) is 116 cm³/mol. The number of aromatic nitrogens is 1. The van der Waals surface area contributed by atoms with Crippen LogP contribution in [-0.4, -0.2) is 47.6 Å². The van der Waals surface area contributed by atoms with Gasteiger partial charge in [-0.2, -0.15) is 13.2 Å². The molecular weight excluding hydrogens is 454 g/mol. The quantitative estimate of drug-likeness (QED) is 0.527. The summed E-state index contributed by atoms with van der Waals surface area (Å²) in [5, 5.41) is 6.09. The second-order valence-corrected chi connectivity index (χ2v) is 8.54. The fourth-order valence-electron chi connectivity index (χ4n) is 4.50. The van der Waals surface area contributed by atoms with E-state index in [0.29, 0.717) is 25.2 Å². The Kier molecular flexibility index (Phi) is 7.46. The molecule has 4 N–H and O–H groups in total. The van der Waals surface area contributed by atoms with Crippen molar-refractivity contribution in [2.24, 2.45) is 5.73 Å². The van der Waals surface area contributed by atoms with Crippen LogP contribution in [0.4, 0.5) is 17.6 Å². The Labute approximate surface area is 194 Å². The second kappa shape index (κ2) is 10.3. The molecule has 2 aliphatic rings. The number of hydrogen-bond donors (Lipinski definition) is 3. The second-order valence-electron chi connectivity index (χ2n) is 8.54. The SMILES string of the molecule is NC(=O)Cc1ccc(COC2NCNC(N3CCCC3c3ccc(C(F)(F)F)nc3)C2F)cc1. The van der Waals surface area contributed by atoms with Gasteiger partial charge >= 0.3 is 6.18 Å². The molecule has 0 bridgehead atoms. The predicted octanol–water partition coefficient (Wildman–Crippen LogP) is 2.62. The van der Waals surface area contributed by atoms with Gasteiger partial charge < -0.3 is 10.5 Å². The average molecular weight is 481 g/mol. The standard InChI is InChI=1S/C23H27F4N5O2/c24-20-21(32-9-1-2-17(32)16-7-8-18(29-11-16)23(25,26)27)30-13-31-22(20)34-12-15-5-3-14(4-6-15)10-19(28)33/h3-8,11,17,20-22,30-31H,1-2,9-10,12-13H2,(H2,28,33). The molecule has 0 spiro atoms. The van der Waals surface area contributed by atoms with Crippen LogP contribution < -0.4 is 16.4 Å². The van der Waals surface area contributed by atoms with Crippen molar-refractivity contribution >= 4 is 5.91 Å². The van der Waals surface area contributed by atoms with E-state index in [4.69, 9.17) is 10.5 Å². The number of primary amides is 1. The first-order valence-corrected chi connectivity index (χ1v) is 11.1. The van der Waals surface area contributed by atoms with E-state index in [2.05, 4.69) is 15.6 Å². The molecule has 184 valence electrons. The number of nitrogens with one attached hydrogen (secondary N) is 2. The lowest BCUT2D eigenvalue weighted by molar-refractivity contribution is -0.141. The zero-order chi connectivity index (χ0) is 24.3. The number of carbonyl (C=O) groups excluding carboxylic acids is 1. The van der Waals surface area contributed by atoms with Crippen molar-refractivity contribution in [3.8, 4) is 0 Å². The number of likely N-dealkylation sites (tertiary alicyclic amines) is 1. The van der Waals surface area contributed by atoms with Gasteiger partial charge in [0.15, 0.2) is 6.17 Å². The van der Waals surface area contributed by atoms with E-state index in [9.17, 15) is 18.0 Å². The van der Waals surface area contributed by atoms with Crippen molar-refractivity contribution in [2.75, 3.05) is 13.2 Å². The lowest BCUT2D eigenvalue weighted by atomic mass is 10.0. The van der Waals surface area contributed by atoms with Crippen LogP contribution in [0.15, 0.2) is 42.6 Å². The molecule has 4 rings (SSSR count). The molecule has 0 saturated carbocycles. The van der Waals surface area contributed by atoms with E-state index in [0.717, 1.165) is 23.6 Å². The van der Waals surface area contributed by atoms with Crippen LogP contribution in [0.2, 0.25) is 0 Å². The van der Waals surface area contributed by atoms with E-state index in [1.807, 2.05) is 4.90 Å². The van der Waals surface area contributed by atoms with Gasteiger partial charge in [0.1, 0.15) is 11.9 Å². The Morgan fingerprint density at radius 2 is 1.88 bits per heavy atom. The van der Waals surface area contributed by atoms with E-state index in [-0.39, 0.29) is 19.1 Å². The maximum absolute atomic E-state index is 15.5. The number of nitrogens with zero attached hydrogens (tertiary/aromatic N) is 2. The molecule has 3 heterocycles. The maximum Gasteiger partial charge on any atom is 0.433 e. The Morgan fingerprint density at radius 3 is 2.53 bits per heavy atom. The smallest absolute Gasteiger partial charge is 0.369 e. The van der Waals surface area contributed by atoms with Gasteiger partial charge in [-0.05, 0) is 35.6 Å². The number of carbonyl (C=O) groups is 1. The molecule has 7 nitrogen and oxygen atoms in total. The van der Waals surface area contributed by atoms with Gasteiger partial charge in [-0.25, -0.2) is 4.39 Å². The Hall–Kier alpha value is -2.60. The number of pyridine rings is 1. The number of alkyl halides is 4. The molecule has 34 heavy (non-hydrogen) atoms. The molecule has 0 aliphatic carbocycles. The van der Waals surface area contributed by atoms with Gasteiger partial charge in [0.25, 0.3) is 0 Å². The number of nitrogens with two attached hydrogens (primary N) is 1. The largest absolute Gasteiger partial charge is 0.433 e. The molecule has 4 atom stereocenters. The minimum Gasteiger partial charge on any atom is -0.369 e. The molecule has 2 aliphatic heterocycles. The van der Waals surface area contributed by atoms with Crippen LogP contribution in [0.3, 0.4) is 0 Å². The summed E-state index contributed by atoms with van der Waals surface area (Å²) >= 11 is 0. The van der Waals surface area contributed by atoms with Crippen molar-refractivity contribution in [3.63, 3.8) is 0 Å². The Bertz CT molecular complexity index is 971. The number of rotatable bonds is 7.